The molecule has 3 nitrogen and oxygen atoms in total. The van der Waals surface area contributed by atoms with E-state index in [4.69, 9.17) is 16.7 Å². The molecule has 2 aromatic carbocycles. The molecule has 2 N–H and O–H groups in total. The summed E-state index contributed by atoms with van der Waals surface area (Å²) in [6, 6.07) is 11.2. The molecule has 0 amide bonds. The maximum atomic E-state index is 13.7. The normalized spacial score (nSPS) is 10.2. The quantitative estimate of drug-likeness (QED) is 0.895. The average Bonchev–Trinajstić information content (AvgIpc) is 2.40. The van der Waals surface area contributed by atoms with Gasteiger partial charge in [-0.1, -0.05) is 35.9 Å². The van der Waals surface area contributed by atoms with Gasteiger partial charge >= 0.3 is 5.97 Å². The Labute approximate surface area is 114 Å². The Bertz CT molecular complexity index is 616. The number of carbonyl (C=O) groups is 1. The zero-order chi connectivity index (χ0) is 13.8. The lowest BCUT2D eigenvalue weighted by Gasteiger charge is -2.10. The van der Waals surface area contributed by atoms with Gasteiger partial charge in [0, 0.05) is 17.8 Å². The largest absolute Gasteiger partial charge is 0.478 e. The Morgan fingerprint density at radius 3 is 2.68 bits per heavy atom. The van der Waals surface area contributed by atoms with Gasteiger partial charge < -0.3 is 10.4 Å². The maximum Gasteiger partial charge on any atom is 0.337 e. The summed E-state index contributed by atoms with van der Waals surface area (Å²) in [6.07, 6.45) is 0. The van der Waals surface area contributed by atoms with Crippen molar-refractivity contribution < 1.29 is 14.3 Å². The summed E-state index contributed by atoms with van der Waals surface area (Å²) >= 11 is 5.68. The minimum atomic E-state index is -1.03. The first-order valence-corrected chi connectivity index (χ1v) is 5.96. The molecule has 0 aliphatic heterocycles. The summed E-state index contributed by atoms with van der Waals surface area (Å²) in [4.78, 5) is 11.0. The number of aromatic carboxylic acids is 1. The number of halogens is 2. The molecule has 0 aliphatic carbocycles. The number of rotatable bonds is 4. The van der Waals surface area contributed by atoms with Crippen LogP contribution in [0.2, 0.25) is 5.02 Å². The minimum absolute atomic E-state index is 0.0471. The fourth-order valence-corrected chi connectivity index (χ4v) is 1.89. The molecular weight excluding hydrogens is 269 g/mol. The number of nitrogens with one attached hydrogen (secondary N) is 1. The Balaban J connectivity index is 2.19. The van der Waals surface area contributed by atoms with Crippen molar-refractivity contribution in [3.63, 3.8) is 0 Å². The molecule has 0 fully saturated rings. The van der Waals surface area contributed by atoms with Gasteiger partial charge in [0.2, 0.25) is 0 Å². The lowest BCUT2D eigenvalue weighted by molar-refractivity contribution is 0.0698. The maximum absolute atomic E-state index is 13.7. The van der Waals surface area contributed by atoms with Crippen LogP contribution in [0.5, 0.6) is 0 Å². The van der Waals surface area contributed by atoms with Gasteiger partial charge in [-0.15, -0.1) is 0 Å². The second kappa shape index (κ2) is 5.71. The van der Waals surface area contributed by atoms with Crippen molar-refractivity contribution in [1.29, 1.82) is 0 Å². The van der Waals surface area contributed by atoms with Crippen LogP contribution in [0.4, 0.5) is 10.1 Å². The number of benzene rings is 2. The summed E-state index contributed by atoms with van der Waals surface area (Å²) in [7, 11) is 0. The van der Waals surface area contributed by atoms with Crippen molar-refractivity contribution in [2.45, 2.75) is 6.54 Å². The number of hydrogen-bond acceptors (Lipinski definition) is 2. The summed E-state index contributed by atoms with van der Waals surface area (Å²) in [5, 5.41) is 12.0. The average molecular weight is 280 g/mol. The molecule has 5 heteroatoms. The van der Waals surface area contributed by atoms with E-state index in [0.29, 0.717) is 11.3 Å². The lowest BCUT2D eigenvalue weighted by atomic mass is 10.1. The van der Waals surface area contributed by atoms with E-state index in [9.17, 15) is 9.18 Å². The van der Waals surface area contributed by atoms with Gasteiger partial charge in [-0.3, -0.25) is 0 Å². The van der Waals surface area contributed by atoms with Crippen LogP contribution in [0, 0.1) is 5.82 Å². The van der Waals surface area contributed by atoms with Crippen LogP contribution in [-0.2, 0) is 6.54 Å². The predicted octanol–water partition coefficient (Wildman–Crippen LogP) is 3.79. The van der Waals surface area contributed by atoms with E-state index in [0.717, 1.165) is 0 Å². The molecule has 19 heavy (non-hydrogen) atoms. The highest BCUT2D eigenvalue weighted by Crippen LogP contribution is 2.20. The molecular formula is C14H11ClFNO2. The highest BCUT2D eigenvalue weighted by atomic mass is 35.5. The van der Waals surface area contributed by atoms with Crippen LogP contribution in [0.3, 0.4) is 0 Å². The minimum Gasteiger partial charge on any atom is -0.478 e. The van der Waals surface area contributed by atoms with Gasteiger partial charge in [0.25, 0.3) is 0 Å². The van der Waals surface area contributed by atoms with Crippen LogP contribution in [-0.4, -0.2) is 11.1 Å². The predicted molar refractivity (Wildman–Crippen MR) is 72.1 cm³/mol. The summed E-state index contributed by atoms with van der Waals surface area (Å²) in [5.41, 5.74) is 0.965. The summed E-state index contributed by atoms with van der Waals surface area (Å²) < 4.78 is 13.7. The zero-order valence-corrected chi connectivity index (χ0v) is 10.6. The standard InChI is InChI=1S/C14H11ClFNO2/c15-11-6-3-4-9(13(11)16)8-17-12-7-2-1-5-10(12)14(18)19/h1-7,17H,8H2,(H,18,19). The van der Waals surface area contributed by atoms with Gasteiger partial charge in [-0.2, -0.15) is 0 Å². The number of hydrogen-bond donors (Lipinski definition) is 2. The summed E-state index contributed by atoms with van der Waals surface area (Å²) in [6.45, 7) is 0.163. The van der Waals surface area contributed by atoms with Gasteiger partial charge in [0.15, 0.2) is 0 Å². The first-order valence-electron chi connectivity index (χ1n) is 5.58. The third-order valence-electron chi connectivity index (χ3n) is 2.66. The van der Waals surface area contributed by atoms with Crippen molar-refractivity contribution >= 4 is 23.3 Å². The van der Waals surface area contributed by atoms with Gasteiger partial charge in [-0.25, -0.2) is 9.18 Å². The Hall–Kier alpha value is -2.07. The molecule has 0 saturated heterocycles. The number of carboxylic acids is 1. The van der Waals surface area contributed by atoms with E-state index in [1.807, 2.05) is 0 Å². The van der Waals surface area contributed by atoms with E-state index < -0.39 is 11.8 Å². The van der Waals surface area contributed by atoms with Crippen LogP contribution in [0.25, 0.3) is 0 Å². The fraction of sp³-hybridized carbons (Fsp3) is 0.0714. The molecule has 0 spiro atoms. The van der Waals surface area contributed by atoms with Crippen LogP contribution in [0.1, 0.15) is 15.9 Å². The number of anilines is 1. The van der Waals surface area contributed by atoms with E-state index in [1.165, 1.54) is 12.1 Å². The molecule has 2 rings (SSSR count). The van der Waals surface area contributed by atoms with Crippen LogP contribution >= 0.6 is 11.6 Å². The van der Waals surface area contributed by atoms with Crippen molar-refractivity contribution in [1.82, 2.24) is 0 Å². The molecule has 0 aromatic heterocycles. The smallest absolute Gasteiger partial charge is 0.337 e. The SMILES string of the molecule is O=C(O)c1ccccc1NCc1cccc(Cl)c1F. The molecule has 0 saturated carbocycles. The second-order valence-electron chi connectivity index (χ2n) is 3.92. The van der Waals surface area contributed by atoms with Crippen molar-refractivity contribution in [2.24, 2.45) is 0 Å². The molecule has 98 valence electrons. The van der Waals surface area contributed by atoms with Crippen LogP contribution in [0.15, 0.2) is 42.5 Å². The molecule has 0 aliphatic rings. The Kier molecular flexibility index (Phi) is 4.02. The zero-order valence-electron chi connectivity index (χ0n) is 9.86. The highest BCUT2D eigenvalue weighted by molar-refractivity contribution is 6.30. The molecule has 0 bridgehead atoms. The molecule has 0 atom stereocenters. The molecule has 2 aromatic rings. The monoisotopic (exact) mass is 279 g/mol. The van der Waals surface area contributed by atoms with E-state index in [2.05, 4.69) is 5.32 Å². The van der Waals surface area contributed by atoms with Crippen molar-refractivity contribution in [3.8, 4) is 0 Å². The van der Waals surface area contributed by atoms with Gasteiger partial charge in [0.05, 0.1) is 10.6 Å². The number of para-hydroxylation sites is 1. The third kappa shape index (κ3) is 3.03. The topological polar surface area (TPSA) is 49.3 Å². The first-order chi connectivity index (χ1) is 9.09. The Morgan fingerprint density at radius 1 is 1.21 bits per heavy atom. The molecule has 0 radical (unpaired) electrons. The number of carboxylic acid groups (broad SMARTS) is 1. The Morgan fingerprint density at radius 2 is 1.95 bits per heavy atom. The van der Waals surface area contributed by atoms with Crippen molar-refractivity contribution in [3.05, 3.63) is 64.4 Å². The summed E-state index contributed by atoms with van der Waals surface area (Å²) in [5.74, 6) is -1.53. The second-order valence-corrected chi connectivity index (χ2v) is 4.32. The van der Waals surface area contributed by atoms with Crippen molar-refractivity contribution in [2.75, 3.05) is 5.32 Å². The fourth-order valence-electron chi connectivity index (χ4n) is 1.70. The highest BCUT2D eigenvalue weighted by Gasteiger charge is 2.10. The molecule has 0 heterocycles. The van der Waals surface area contributed by atoms with Gasteiger partial charge in [-0.05, 0) is 18.2 Å². The lowest BCUT2D eigenvalue weighted by Crippen LogP contribution is -2.07. The van der Waals surface area contributed by atoms with Crippen LogP contribution < -0.4 is 5.32 Å². The molecule has 0 unspecified atom stereocenters. The van der Waals surface area contributed by atoms with E-state index in [-0.39, 0.29) is 17.1 Å². The van der Waals surface area contributed by atoms with E-state index in [1.54, 1.807) is 30.3 Å². The van der Waals surface area contributed by atoms with Gasteiger partial charge in [0.1, 0.15) is 5.82 Å². The van der Waals surface area contributed by atoms with E-state index >= 15 is 0 Å². The third-order valence-corrected chi connectivity index (χ3v) is 2.95. The first kappa shape index (κ1) is 13.4.